The summed E-state index contributed by atoms with van der Waals surface area (Å²) in [4.78, 5) is 31.9. The number of urea groups is 1. The van der Waals surface area contributed by atoms with Crippen molar-refractivity contribution in [2.75, 3.05) is 50.7 Å². The molecule has 3 aliphatic heterocycles. The molecule has 0 spiro atoms. The third-order valence-corrected chi connectivity index (χ3v) is 6.32. The van der Waals surface area contributed by atoms with Crippen molar-refractivity contribution in [1.29, 1.82) is 0 Å². The summed E-state index contributed by atoms with van der Waals surface area (Å²) < 4.78 is 0. The maximum atomic E-state index is 12.3. The van der Waals surface area contributed by atoms with Gasteiger partial charge in [0.05, 0.1) is 32.7 Å². The molecule has 1 N–H and O–H groups in total. The number of quaternary nitrogens is 1. The summed E-state index contributed by atoms with van der Waals surface area (Å²) in [6, 6.07) is 7.83. The van der Waals surface area contributed by atoms with Crippen LogP contribution in [0.3, 0.4) is 0 Å². The number of nitrogens with zero attached hydrogens (tertiary/aromatic N) is 3. The van der Waals surface area contributed by atoms with Gasteiger partial charge in [0, 0.05) is 23.8 Å². The van der Waals surface area contributed by atoms with Gasteiger partial charge < -0.3 is 14.7 Å². The van der Waals surface area contributed by atoms with Gasteiger partial charge in [0.1, 0.15) is 6.04 Å². The van der Waals surface area contributed by atoms with Crippen LogP contribution in [0.5, 0.6) is 0 Å². The van der Waals surface area contributed by atoms with Crippen LogP contribution in [0.25, 0.3) is 0 Å². The fourth-order valence-corrected chi connectivity index (χ4v) is 4.72. The predicted molar refractivity (Wildman–Crippen MR) is 105 cm³/mol. The highest BCUT2D eigenvalue weighted by Crippen LogP contribution is 2.27. The summed E-state index contributed by atoms with van der Waals surface area (Å²) in [5.74, 6) is 0.0278. The molecule has 0 unspecified atom stereocenters. The molecule has 0 radical (unpaired) electrons. The molecule has 7 heteroatoms. The zero-order valence-electron chi connectivity index (χ0n) is 15.7. The second-order valence-electron chi connectivity index (χ2n) is 7.80. The molecule has 1 aromatic rings. The summed E-state index contributed by atoms with van der Waals surface area (Å²) in [6.45, 7) is 6.73. The first kappa shape index (κ1) is 18.6. The van der Waals surface area contributed by atoms with Crippen LogP contribution in [-0.2, 0) is 4.79 Å². The molecule has 0 bridgehead atoms. The number of rotatable bonds is 6. The fourth-order valence-electron chi connectivity index (χ4n) is 4.54. The lowest BCUT2D eigenvalue weighted by atomic mass is 10.2. The van der Waals surface area contributed by atoms with Crippen LogP contribution in [0, 0.1) is 0 Å². The van der Waals surface area contributed by atoms with Crippen molar-refractivity contribution in [3.8, 4) is 0 Å². The van der Waals surface area contributed by atoms with Crippen molar-refractivity contribution in [2.24, 2.45) is 0 Å². The predicted octanol–water partition coefficient (Wildman–Crippen LogP) is 1.25. The lowest BCUT2D eigenvalue weighted by Crippen LogP contribution is -3.14. The number of carbonyl (C=O) groups excluding carboxylic acids is 2. The molecule has 1 atom stereocenters. The van der Waals surface area contributed by atoms with Crippen molar-refractivity contribution >= 4 is 29.2 Å². The summed E-state index contributed by atoms with van der Waals surface area (Å²) in [5, 5.41) is 0.786. The van der Waals surface area contributed by atoms with E-state index >= 15 is 0 Å². The molecule has 27 heavy (non-hydrogen) atoms. The van der Waals surface area contributed by atoms with Crippen LogP contribution in [0.4, 0.5) is 10.5 Å². The maximum absolute atomic E-state index is 12.3. The number of piperazine rings is 1. The van der Waals surface area contributed by atoms with E-state index in [1.54, 1.807) is 9.80 Å². The Morgan fingerprint density at radius 3 is 2.67 bits per heavy atom. The Morgan fingerprint density at radius 2 is 1.93 bits per heavy atom. The molecular weight excluding hydrogens is 364 g/mol. The molecule has 3 fully saturated rings. The SMILES string of the molecule is O=C1[C@@H]2CCCN2C(=O)N1CCCC[NH+]1CCN(c2cccc(Cl)c2)CC1. The van der Waals surface area contributed by atoms with E-state index in [0.29, 0.717) is 6.54 Å². The molecule has 3 saturated heterocycles. The molecule has 0 aliphatic carbocycles. The molecule has 0 saturated carbocycles. The van der Waals surface area contributed by atoms with Crippen LogP contribution < -0.4 is 9.80 Å². The summed E-state index contributed by atoms with van der Waals surface area (Å²) in [7, 11) is 0. The number of hydrogen-bond donors (Lipinski definition) is 1. The zero-order valence-corrected chi connectivity index (χ0v) is 16.5. The summed E-state index contributed by atoms with van der Waals surface area (Å²) in [5.41, 5.74) is 1.20. The van der Waals surface area contributed by atoms with Gasteiger partial charge in [0.15, 0.2) is 0 Å². The number of hydrogen-bond acceptors (Lipinski definition) is 3. The van der Waals surface area contributed by atoms with Crippen molar-refractivity contribution in [3.05, 3.63) is 29.3 Å². The highest BCUT2D eigenvalue weighted by Gasteiger charge is 2.46. The van der Waals surface area contributed by atoms with E-state index in [1.165, 1.54) is 10.6 Å². The average molecular weight is 392 g/mol. The summed E-state index contributed by atoms with van der Waals surface area (Å²) in [6.07, 6.45) is 3.75. The molecule has 146 valence electrons. The smallest absolute Gasteiger partial charge is 0.327 e. The van der Waals surface area contributed by atoms with E-state index in [0.717, 1.165) is 70.0 Å². The molecule has 3 heterocycles. The van der Waals surface area contributed by atoms with Crippen LogP contribution in [0.1, 0.15) is 25.7 Å². The van der Waals surface area contributed by atoms with E-state index < -0.39 is 0 Å². The quantitative estimate of drug-likeness (QED) is 0.586. The number of nitrogens with one attached hydrogen (secondary N) is 1. The van der Waals surface area contributed by atoms with Gasteiger partial charge in [0.25, 0.3) is 5.91 Å². The minimum atomic E-state index is -0.164. The molecule has 6 nitrogen and oxygen atoms in total. The Balaban J connectivity index is 1.17. The second kappa shape index (κ2) is 8.07. The monoisotopic (exact) mass is 391 g/mol. The molecule has 3 aliphatic rings. The first-order chi connectivity index (χ1) is 13.1. The van der Waals surface area contributed by atoms with E-state index in [2.05, 4.69) is 11.0 Å². The number of unbranched alkanes of at least 4 members (excludes halogenated alkanes) is 1. The van der Waals surface area contributed by atoms with Gasteiger partial charge >= 0.3 is 6.03 Å². The second-order valence-corrected chi connectivity index (χ2v) is 8.23. The fraction of sp³-hybridized carbons (Fsp3) is 0.600. The van der Waals surface area contributed by atoms with Crippen LogP contribution in [-0.4, -0.2) is 73.6 Å². The van der Waals surface area contributed by atoms with Gasteiger partial charge in [-0.3, -0.25) is 9.69 Å². The Morgan fingerprint density at radius 1 is 1.11 bits per heavy atom. The van der Waals surface area contributed by atoms with E-state index in [-0.39, 0.29) is 18.0 Å². The first-order valence-electron chi connectivity index (χ1n) is 10.1. The molecule has 1 aromatic carbocycles. The third kappa shape index (κ3) is 3.92. The van der Waals surface area contributed by atoms with Crippen molar-refractivity contribution in [1.82, 2.24) is 9.80 Å². The van der Waals surface area contributed by atoms with Crippen molar-refractivity contribution in [2.45, 2.75) is 31.7 Å². The number of amides is 3. The number of fused-ring (bicyclic) bond motifs is 1. The largest absolute Gasteiger partial charge is 0.360 e. The van der Waals surface area contributed by atoms with Gasteiger partial charge in [-0.05, 0) is 43.9 Å². The Labute approximate surface area is 165 Å². The van der Waals surface area contributed by atoms with Crippen molar-refractivity contribution < 1.29 is 14.5 Å². The van der Waals surface area contributed by atoms with Gasteiger partial charge in [-0.25, -0.2) is 4.79 Å². The van der Waals surface area contributed by atoms with Gasteiger partial charge in [0.2, 0.25) is 0 Å². The standard InChI is InChI=1S/C20H27ClN4O2/c21-16-5-3-6-17(15-16)23-13-11-22(12-14-23)8-1-2-9-25-19(26)18-7-4-10-24(18)20(25)27/h3,5-6,15,18H,1-2,4,7-14H2/p+1/t18-/m0/s1. The molecule has 0 aromatic heterocycles. The highest BCUT2D eigenvalue weighted by molar-refractivity contribution is 6.30. The third-order valence-electron chi connectivity index (χ3n) is 6.09. The first-order valence-corrected chi connectivity index (χ1v) is 10.5. The number of benzene rings is 1. The maximum Gasteiger partial charge on any atom is 0.327 e. The zero-order chi connectivity index (χ0) is 18.8. The van der Waals surface area contributed by atoms with Gasteiger partial charge in [-0.15, -0.1) is 0 Å². The minimum absolute atomic E-state index is 0.0278. The Hall–Kier alpha value is -1.79. The average Bonchev–Trinajstić information content (AvgIpc) is 3.24. The lowest BCUT2D eigenvalue weighted by molar-refractivity contribution is -0.900. The number of imide groups is 1. The van der Waals surface area contributed by atoms with Crippen LogP contribution in [0.15, 0.2) is 24.3 Å². The lowest BCUT2D eigenvalue weighted by Gasteiger charge is -2.33. The van der Waals surface area contributed by atoms with E-state index in [1.807, 2.05) is 18.2 Å². The molecular formula is C20H28ClN4O2+. The van der Waals surface area contributed by atoms with Crippen molar-refractivity contribution in [3.63, 3.8) is 0 Å². The molecule has 3 amide bonds. The number of anilines is 1. The van der Waals surface area contributed by atoms with Gasteiger partial charge in [-0.2, -0.15) is 0 Å². The Bertz CT molecular complexity index is 683. The van der Waals surface area contributed by atoms with Crippen LogP contribution >= 0.6 is 11.6 Å². The Kier molecular flexibility index (Phi) is 5.55. The normalized spacial score (nSPS) is 23.4. The van der Waals surface area contributed by atoms with Crippen LogP contribution in [0.2, 0.25) is 5.02 Å². The van der Waals surface area contributed by atoms with E-state index in [4.69, 9.17) is 11.6 Å². The topological polar surface area (TPSA) is 48.3 Å². The van der Waals surface area contributed by atoms with Gasteiger partial charge in [-0.1, -0.05) is 17.7 Å². The highest BCUT2D eigenvalue weighted by atomic mass is 35.5. The minimum Gasteiger partial charge on any atom is -0.360 e. The number of carbonyl (C=O) groups is 2. The van der Waals surface area contributed by atoms with E-state index in [9.17, 15) is 9.59 Å². The summed E-state index contributed by atoms with van der Waals surface area (Å²) >= 11 is 6.10. The molecule has 4 rings (SSSR count). The number of halogens is 1.